The van der Waals surface area contributed by atoms with Crippen LogP contribution in [-0.4, -0.2) is 31.3 Å². The number of nitrogens with zero attached hydrogens (tertiary/aromatic N) is 1. The van der Waals surface area contributed by atoms with Crippen molar-refractivity contribution in [1.82, 2.24) is 0 Å². The van der Waals surface area contributed by atoms with Gasteiger partial charge in [-0.05, 0) is 31.4 Å². The number of para-hydroxylation sites is 1. The monoisotopic (exact) mass is 266 g/mol. The molecule has 0 amide bonds. The first kappa shape index (κ1) is 13.6. The van der Waals surface area contributed by atoms with Gasteiger partial charge in [0.25, 0.3) is 0 Å². The Morgan fingerprint density at radius 3 is 3.05 bits per heavy atom. The number of hydrogen-bond donors (Lipinski definition) is 1. The summed E-state index contributed by atoms with van der Waals surface area (Å²) in [4.78, 5) is 10.7. The summed E-state index contributed by atoms with van der Waals surface area (Å²) in [5.41, 5.74) is 0.472. The molecular weight excluding hydrogens is 248 g/mol. The van der Waals surface area contributed by atoms with E-state index in [1.54, 1.807) is 18.2 Å². The molecule has 1 N–H and O–H groups in total. The van der Waals surface area contributed by atoms with E-state index in [-0.39, 0.29) is 17.5 Å². The fourth-order valence-electron chi connectivity index (χ4n) is 2.26. The van der Waals surface area contributed by atoms with Gasteiger partial charge in [-0.2, -0.15) is 0 Å². The van der Waals surface area contributed by atoms with Crippen LogP contribution in [0.1, 0.15) is 19.3 Å². The summed E-state index contributed by atoms with van der Waals surface area (Å²) in [5.74, 6) is 0.270. The molecule has 0 radical (unpaired) electrons. The predicted octanol–water partition coefficient (Wildman–Crippen LogP) is 2.58. The van der Waals surface area contributed by atoms with Crippen molar-refractivity contribution in [2.45, 2.75) is 25.4 Å². The number of nitrogens with one attached hydrogen (secondary N) is 1. The Labute approximate surface area is 111 Å². The van der Waals surface area contributed by atoms with Gasteiger partial charge < -0.3 is 14.8 Å². The van der Waals surface area contributed by atoms with Crippen LogP contribution in [0.3, 0.4) is 0 Å². The summed E-state index contributed by atoms with van der Waals surface area (Å²) in [5, 5.41) is 14.2. The molecule has 1 unspecified atom stereocenters. The maximum Gasteiger partial charge on any atom is 0.333 e. The van der Waals surface area contributed by atoms with E-state index in [0.717, 1.165) is 25.9 Å². The van der Waals surface area contributed by atoms with Crippen LogP contribution < -0.4 is 10.1 Å². The molecule has 6 heteroatoms. The average Bonchev–Trinajstić information content (AvgIpc) is 2.91. The highest BCUT2D eigenvalue weighted by Gasteiger charge is 2.21. The molecular formula is C13H18N2O4. The van der Waals surface area contributed by atoms with Gasteiger partial charge in [-0.15, -0.1) is 0 Å². The van der Waals surface area contributed by atoms with Crippen molar-refractivity contribution in [3.05, 3.63) is 28.3 Å². The Kier molecular flexibility index (Phi) is 4.57. The molecule has 104 valence electrons. The topological polar surface area (TPSA) is 73.6 Å². The number of anilines is 1. The van der Waals surface area contributed by atoms with Crippen LogP contribution in [0.2, 0.25) is 0 Å². The number of benzene rings is 1. The van der Waals surface area contributed by atoms with E-state index >= 15 is 0 Å². The lowest BCUT2D eigenvalue weighted by molar-refractivity contribution is -0.384. The number of rotatable bonds is 6. The van der Waals surface area contributed by atoms with Crippen LogP contribution in [0.25, 0.3) is 0 Å². The van der Waals surface area contributed by atoms with Crippen molar-refractivity contribution in [3.8, 4) is 5.75 Å². The summed E-state index contributed by atoms with van der Waals surface area (Å²) in [6, 6.07) is 5.01. The second-order valence-corrected chi connectivity index (χ2v) is 4.46. The van der Waals surface area contributed by atoms with E-state index in [2.05, 4.69) is 5.32 Å². The molecule has 0 saturated carbocycles. The minimum atomic E-state index is -0.423. The first-order valence-electron chi connectivity index (χ1n) is 6.39. The van der Waals surface area contributed by atoms with Crippen LogP contribution in [0, 0.1) is 10.1 Å². The third-order valence-corrected chi connectivity index (χ3v) is 3.21. The number of ether oxygens (including phenoxy) is 2. The van der Waals surface area contributed by atoms with E-state index in [0.29, 0.717) is 12.2 Å². The number of methoxy groups -OCH3 is 1. The van der Waals surface area contributed by atoms with Crippen LogP contribution in [-0.2, 0) is 4.74 Å². The predicted molar refractivity (Wildman–Crippen MR) is 71.7 cm³/mol. The zero-order chi connectivity index (χ0) is 13.7. The zero-order valence-corrected chi connectivity index (χ0v) is 10.9. The molecule has 19 heavy (non-hydrogen) atoms. The van der Waals surface area contributed by atoms with Crippen molar-refractivity contribution in [3.63, 3.8) is 0 Å². The molecule has 0 aliphatic carbocycles. The first-order valence-corrected chi connectivity index (χ1v) is 6.39. The van der Waals surface area contributed by atoms with Crippen LogP contribution in [0.15, 0.2) is 18.2 Å². The minimum absolute atomic E-state index is 0.0164. The molecule has 0 aromatic heterocycles. The summed E-state index contributed by atoms with van der Waals surface area (Å²) in [6.07, 6.45) is 3.30. The second-order valence-electron chi connectivity index (χ2n) is 4.46. The summed E-state index contributed by atoms with van der Waals surface area (Å²) < 4.78 is 10.5. The molecule has 1 aromatic rings. The van der Waals surface area contributed by atoms with E-state index in [9.17, 15) is 10.1 Å². The lowest BCUT2D eigenvalue weighted by atomic mass is 10.2. The van der Waals surface area contributed by atoms with Gasteiger partial charge in [-0.3, -0.25) is 10.1 Å². The zero-order valence-electron chi connectivity index (χ0n) is 10.9. The summed E-state index contributed by atoms with van der Waals surface area (Å²) >= 11 is 0. The van der Waals surface area contributed by atoms with Crippen molar-refractivity contribution in [1.29, 1.82) is 0 Å². The van der Waals surface area contributed by atoms with Gasteiger partial charge in [0, 0.05) is 13.2 Å². The van der Waals surface area contributed by atoms with Gasteiger partial charge in [0.2, 0.25) is 0 Å². The Morgan fingerprint density at radius 2 is 2.42 bits per heavy atom. The lowest BCUT2D eigenvalue weighted by Crippen LogP contribution is -2.13. The molecule has 1 aromatic carbocycles. The highest BCUT2D eigenvalue weighted by atomic mass is 16.6. The molecule has 1 saturated heterocycles. The van der Waals surface area contributed by atoms with E-state index in [4.69, 9.17) is 9.47 Å². The molecule has 1 fully saturated rings. The van der Waals surface area contributed by atoms with Gasteiger partial charge >= 0.3 is 5.69 Å². The Hall–Kier alpha value is -1.82. The largest absolute Gasteiger partial charge is 0.490 e. The molecule has 1 atom stereocenters. The van der Waals surface area contributed by atoms with E-state index in [1.165, 1.54) is 7.11 Å². The maximum absolute atomic E-state index is 11.1. The third kappa shape index (κ3) is 3.35. The molecule has 1 heterocycles. The maximum atomic E-state index is 11.1. The van der Waals surface area contributed by atoms with Gasteiger partial charge in [0.1, 0.15) is 5.69 Å². The average molecular weight is 266 g/mol. The summed E-state index contributed by atoms with van der Waals surface area (Å²) in [6.45, 7) is 1.47. The Balaban J connectivity index is 2.00. The van der Waals surface area contributed by atoms with Crippen molar-refractivity contribution < 1.29 is 14.4 Å². The van der Waals surface area contributed by atoms with Crippen molar-refractivity contribution in [2.75, 3.05) is 25.6 Å². The second kappa shape index (κ2) is 6.38. The first-order chi connectivity index (χ1) is 9.22. The number of nitro benzene ring substituents is 1. The highest BCUT2D eigenvalue weighted by molar-refractivity contribution is 5.68. The van der Waals surface area contributed by atoms with Gasteiger partial charge in [-0.1, -0.05) is 6.07 Å². The van der Waals surface area contributed by atoms with E-state index < -0.39 is 4.92 Å². The molecule has 1 aliphatic heterocycles. The lowest BCUT2D eigenvalue weighted by Gasteiger charge is -2.12. The van der Waals surface area contributed by atoms with Gasteiger partial charge in [0.05, 0.1) is 18.1 Å². The van der Waals surface area contributed by atoms with Gasteiger partial charge in [0.15, 0.2) is 5.75 Å². The molecule has 2 rings (SSSR count). The van der Waals surface area contributed by atoms with Crippen molar-refractivity contribution in [2.24, 2.45) is 0 Å². The minimum Gasteiger partial charge on any atom is -0.490 e. The molecule has 0 spiro atoms. The fourth-order valence-corrected chi connectivity index (χ4v) is 2.26. The normalized spacial score (nSPS) is 18.3. The summed E-state index contributed by atoms with van der Waals surface area (Å²) in [7, 11) is 1.43. The fraction of sp³-hybridized carbons (Fsp3) is 0.538. The SMILES string of the molecule is COc1cccc(NCCC2CCCO2)c1[N+](=O)[O-]. The van der Waals surface area contributed by atoms with Crippen molar-refractivity contribution >= 4 is 11.4 Å². The molecule has 6 nitrogen and oxygen atoms in total. The quantitative estimate of drug-likeness (QED) is 0.632. The number of nitro groups is 1. The van der Waals surface area contributed by atoms with Crippen LogP contribution in [0.5, 0.6) is 5.75 Å². The molecule has 1 aliphatic rings. The Bertz CT molecular complexity index is 444. The molecule has 0 bridgehead atoms. The Morgan fingerprint density at radius 1 is 1.58 bits per heavy atom. The number of hydrogen-bond acceptors (Lipinski definition) is 5. The standard InChI is InChI=1S/C13H18N2O4/c1-18-12-6-2-5-11(13(12)15(16)17)14-8-7-10-4-3-9-19-10/h2,5-6,10,14H,3-4,7-9H2,1H3. The van der Waals surface area contributed by atoms with Crippen LogP contribution >= 0.6 is 0 Å². The van der Waals surface area contributed by atoms with E-state index in [1.807, 2.05) is 0 Å². The van der Waals surface area contributed by atoms with Gasteiger partial charge in [-0.25, -0.2) is 0 Å². The highest BCUT2D eigenvalue weighted by Crippen LogP contribution is 2.34. The van der Waals surface area contributed by atoms with Crippen LogP contribution in [0.4, 0.5) is 11.4 Å². The third-order valence-electron chi connectivity index (χ3n) is 3.21. The smallest absolute Gasteiger partial charge is 0.333 e.